The Balaban J connectivity index is 1.77. The summed E-state index contributed by atoms with van der Waals surface area (Å²) in [5.41, 5.74) is 0.501. The van der Waals surface area contributed by atoms with Crippen molar-refractivity contribution in [2.24, 2.45) is 11.8 Å². The molecule has 0 aromatic heterocycles. The molecule has 9 nitrogen and oxygen atoms in total. The molecule has 10 heteroatoms. The summed E-state index contributed by atoms with van der Waals surface area (Å²) >= 11 is 3.65. The maximum Gasteiger partial charge on any atom is 0.312 e. The van der Waals surface area contributed by atoms with E-state index in [1.165, 1.54) is 4.90 Å². The Kier molecular flexibility index (Phi) is 8.54. The predicted molar refractivity (Wildman–Crippen MR) is 148 cm³/mol. The van der Waals surface area contributed by atoms with E-state index in [1.54, 1.807) is 24.8 Å². The van der Waals surface area contributed by atoms with Crippen LogP contribution in [0.1, 0.15) is 34.1 Å². The highest BCUT2D eigenvalue weighted by Gasteiger charge is 2.77. The molecule has 0 aliphatic carbocycles. The first-order valence-corrected chi connectivity index (χ1v) is 14.3. The molecule has 1 aromatic carbocycles. The van der Waals surface area contributed by atoms with Crippen LogP contribution < -0.4 is 9.80 Å². The molecule has 38 heavy (non-hydrogen) atoms. The minimum atomic E-state index is -1.21. The summed E-state index contributed by atoms with van der Waals surface area (Å²) in [6, 6.07) is 6.07. The van der Waals surface area contributed by atoms with Crippen molar-refractivity contribution >= 4 is 45.1 Å². The number of alkyl halides is 1. The molecule has 2 bridgehead atoms. The number of hydrogen-bond donors (Lipinski definition) is 1. The van der Waals surface area contributed by atoms with Gasteiger partial charge in [0.05, 0.1) is 37.2 Å². The average molecular weight is 593 g/mol. The molecule has 7 atom stereocenters. The fourth-order valence-corrected chi connectivity index (χ4v) is 7.39. The van der Waals surface area contributed by atoms with E-state index < -0.39 is 41.6 Å². The molecular formula is C28H38BrN3O6. The molecular weight excluding hydrogens is 554 g/mol. The third-order valence-electron chi connectivity index (χ3n) is 8.13. The Bertz CT molecular complexity index is 1060. The number of fused-ring (bicyclic) bond motifs is 1. The van der Waals surface area contributed by atoms with Crippen molar-refractivity contribution in [3.8, 4) is 0 Å². The van der Waals surface area contributed by atoms with Crippen molar-refractivity contribution in [1.82, 2.24) is 4.90 Å². The van der Waals surface area contributed by atoms with Gasteiger partial charge in [-0.25, -0.2) is 0 Å². The number of amides is 2. The second-order valence-corrected chi connectivity index (χ2v) is 11.3. The van der Waals surface area contributed by atoms with Crippen LogP contribution in [0.15, 0.2) is 36.9 Å². The number of aliphatic hydroxyl groups is 1. The topological polar surface area (TPSA) is 99.6 Å². The van der Waals surface area contributed by atoms with Crippen LogP contribution in [0.4, 0.5) is 11.4 Å². The first-order valence-electron chi connectivity index (χ1n) is 13.4. The minimum absolute atomic E-state index is 0.179. The minimum Gasteiger partial charge on any atom is -0.466 e. The highest BCUT2D eigenvalue weighted by atomic mass is 79.9. The molecule has 1 N–H and O–H groups in total. The molecule has 1 spiro atoms. The lowest BCUT2D eigenvalue weighted by molar-refractivity contribution is -0.155. The van der Waals surface area contributed by atoms with Gasteiger partial charge >= 0.3 is 5.97 Å². The number of likely N-dealkylation sites (tertiary alicyclic amines) is 1. The Hall–Kier alpha value is -2.43. The van der Waals surface area contributed by atoms with Crippen LogP contribution in [0.3, 0.4) is 0 Å². The monoisotopic (exact) mass is 591 g/mol. The summed E-state index contributed by atoms with van der Waals surface area (Å²) in [4.78, 5) is 46.4. The normalized spacial score (nSPS) is 30.2. The lowest BCUT2D eigenvalue weighted by atomic mass is 9.70. The van der Waals surface area contributed by atoms with Crippen LogP contribution >= 0.6 is 15.9 Å². The number of halogens is 1. The van der Waals surface area contributed by atoms with Gasteiger partial charge in [-0.3, -0.25) is 14.4 Å². The molecule has 0 saturated carbocycles. The van der Waals surface area contributed by atoms with Gasteiger partial charge in [-0.2, -0.15) is 0 Å². The van der Waals surface area contributed by atoms with Gasteiger partial charge in [0.2, 0.25) is 5.91 Å². The van der Waals surface area contributed by atoms with Crippen molar-refractivity contribution in [3.63, 3.8) is 0 Å². The zero-order chi connectivity index (χ0) is 27.8. The molecule has 3 fully saturated rings. The van der Waals surface area contributed by atoms with E-state index in [9.17, 15) is 19.5 Å². The third-order valence-corrected chi connectivity index (χ3v) is 8.97. The van der Waals surface area contributed by atoms with Gasteiger partial charge in [0.25, 0.3) is 5.91 Å². The number of esters is 1. The number of ether oxygens (including phenoxy) is 2. The van der Waals surface area contributed by atoms with Crippen molar-refractivity contribution in [3.05, 3.63) is 36.9 Å². The van der Waals surface area contributed by atoms with Crippen LogP contribution in [0, 0.1) is 11.8 Å². The van der Waals surface area contributed by atoms with E-state index in [1.807, 2.05) is 24.3 Å². The van der Waals surface area contributed by atoms with Gasteiger partial charge in [0, 0.05) is 35.8 Å². The van der Waals surface area contributed by atoms with E-state index in [4.69, 9.17) is 9.47 Å². The fraction of sp³-hybridized carbons (Fsp3) is 0.607. The maximum atomic E-state index is 14.5. The van der Waals surface area contributed by atoms with E-state index in [2.05, 4.69) is 41.3 Å². The molecule has 2 amide bonds. The number of aliphatic hydroxyl groups excluding tert-OH is 1. The van der Waals surface area contributed by atoms with E-state index >= 15 is 0 Å². The van der Waals surface area contributed by atoms with Crippen molar-refractivity contribution in [1.29, 1.82) is 0 Å². The SMILES string of the molecule is C=CCN(C(=O)[C@H]1N([C@H](C)CO)C(=O)[C@@H]2[C@@H](C(=O)OCC)[C@@H]3O[C@@]21CC3Br)c1ccc(N(CC)CC)cc1. The highest BCUT2D eigenvalue weighted by Crippen LogP contribution is 2.60. The first kappa shape index (κ1) is 28.6. The van der Waals surface area contributed by atoms with Gasteiger partial charge in [-0.15, -0.1) is 6.58 Å². The van der Waals surface area contributed by atoms with Crippen LogP contribution in [-0.2, 0) is 23.9 Å². The second kappa shape index (κ2) is 11.4. The number of anilines is 2. The van der Waals surface area contributed by atoms with Crippen LogP contribution in [0.2, 0.25) is 0 Å². The highest BCUT2D eigenvalue weighted by molar-refractivity contribution is 9.09. The number of carbonyl (C=O) groups is 3. The Morgan fingerprint density at radius 1 is 1.26 bits per heavy atom. The molecule has 0 radical (unpaired) electrons. The zero-order valence-electron chi connectivity index (χ0n) is 22.5. The predicted octanol–water partition coefficient (Wildman–Crippen LogP) is 2.74. The summed E-state index contributed by atoms with van der Waals surface area (Å²) in [6.45, 7) is 13.2. The molecule has 208 valence electrons. The number of hydrogen-bond acceptors (Lipinski definition) is 7. The third kappa shape index (κ3) is 4.44. The van der Waals surface area contributed by atoms with E-state index in [0.717, 1.165) is 18.8 Å². The largest absolute Gasteiger partial charge is 0.466 e. The summed E-state index contributed by atoms with van der Waals surface area (Å²) in [5.74, 6) is -2.88. The lowest BCUT2D eigenvalue weighted by Crippen LogP contribution is -2.58. The van der Waals surface area contributed by atoms with Gasteiger partial charge in [0.1, 0.15) is 11.6 Å². The van der Waals surface area contributed by atoms with Crippen molar-refractivity contribution < 1.29 is 29.0 Å². The zero-order valence-corrected chi connectivity index (χ0v) is 24.1. The Morgan fingerprint density at radius 3 is 2.45 bits per heavy atom. The lowest BCUT2D eigenvalue weighted by Gasteiger charge is -2.38. The summed E-state index contributed by atoms with van der Waals surface area (Å²) < 4.78 is 11.8. The van der Waals surface area contributed by atoms with Gasteiger partial charge in [0.15, 0.2) is 0 Å². The molecule has 1 unspecified atom stereocenters. The van der Waals surface area contributed by atoms with Crippen LogP contribution in [0.25, 0.3) is 0 Å². The molecule has 1 aromatic rings. The second-order valence-electron chi connectivity index (χ2n) is 10.1. The molecule has 4 rings (SSSR count). The van der Waals surface area contributed by atoms with Crippen molar-refractivity contribution in [2.45, 2.75) is 62.7 Å². The number of benzene rings is 1. The van der Waals surface area contributed by atoms with Gasteiger partial charge < -0.3 is 29.3 Å². The number of nitrogens with zero attached hydrogens (tertiary/aromatic N) is 3. The maximum absolute atomic E-state index is 14.5. The Labute approximate surface area is 232 Å². The van der Waals surface area contributed by atoms with Crippen molar-refractivity contribution in [2.75, 3.05) is 42.6 Å². The summed E-state index contributed by atoms with van der Waals surface area (Å²) in [5, 5.41) is 10.1. The Morgan fingerprint density at radius 2 is 1.89 bits per heavy atom. The number of carbonyl (C=O) groups excluding carboxylic acids is 3. The van der Waals surface area contributed by atoms with Crippen LogP contribution in [0.5, 0.6) is 0 Å². The molecule has 3 aliphatic rings. The fourth-order valence-electron chi connectivity index (χ4n) is 6.45. The molecule has 3 heterocycles. The number of rotatable bonds is 11. The van der Waals surface area contributed by atoms with Gasteiger partial charge in [-0.1, -0.05) is 22.0 Å². The summed E-state index contributed by atoms with van der Waals surface area (Å²) in [7, 11) is 0. The average Bonchev–Trinajstić information content (AvgIpc) is 3.51. The van der Waals surface area contributed by atoms with Crippen LogP contribution in [-0.4, -0.2) is 89.3 Å². The quantitative estimate of drug-likeness (QED) is 0.240. The van der Waals surface area contributed by atoms with E-state index in [-0.39, 0.29) is 36.4 Å². The van der Waals surface area contributed by atoms with E-state index in [0.29, 0.717) is 12.1 Å². The standard InChI is InChI=1S/C28H38BrN3O6/c1-6-14-31(19-12-10-18(11-13-19)30(7-2)8-3)26(35)24-28-15-20(29)23(38-28)21(27(36)37-9-4)22(28)25(34)32(24)17(5)16-33/h6,10-13,17,20-24,33H,1,7-9,14-16H2,2-5H3/t17-,20?,21-,22+,23-,24-,28+/m1/s1. The van der Waals surface area contributed by atoms with Gasteiger partial charge in [-0.05, 0) is 58.4 Å². The molecule has 3 saturated heterocycles. The summed E-state index contributed by atoms with van der Waals surface area (Å²) in [6.07, 6.45) is 1.45. The first-order chi connectivity index (χ1) is 18.2. The molecule has 3 aliphatic heterocycles. The smallest absolute Gasteiger partial charge is 0.312 e.